The summed E-state index contributed by atoms with van der Waals surface area (Å²) >= 11 is 0. The Balaban J connectivity index is 2.43. The normalized spacial score (nSPS) is 11.4. The smallest absolute Gasteiger partial charge is 0.323 e. The first-order chi connectivity index (χ1) is 10.0. The van der Waals surface area contributed by atoms with Crippen LogP contribution in [0.1, 0.15) is 18.3 Å². The summed E-state index contributed by atoms with van der Waals surface area (Å²) in [5, 5.41) is 18.1. The molecule has 114 valence electrons. The molecule has 0 bridgehead atoms. The largest absolute Gasteiger partial charge is 0.480 e. The molecule has 0 saturated carbocycles. The SMILES string of the molecule is CCc1ccc2c(c1)nc(CN(C)CCO)n2CC(=O)O. The number of carbonyl (C=O) groups is 1. The van der Waals surface area contributed by atoms with Crippen LogP contribution in [0, 0.1) is 0 Å². The molecule has 0 amide bonds. The molecule has 0 atom stereocenters. The molecular formula is C15H21N3O3. The van der Waals surface area contributed by atoms with Crippen LogP contribution in [0.4, 0.5) is 0 Å². The molecule has 0 saturated heterocycles. The number of carboxylic acids is 1. The van der Waals surface area contributed by atoms with Crippen molar-refractivity contribution in [3.8, 4) is 0 Å². The molecule has 0 unspecified atom stereocenters. The highest BCUT2D eigenvalue weighted by Crippen LogP contribution is 2.19. The minimum Gasteiger partial charge on any atom is -0.480 e. The van der Waals surface area contributed by atoms with Gasteiger partial charge < -0.3 is 14.8 Å². The van der Waals surface area contributed by atoms with Crippen molar-refractivity contribution in [3.05, 3.63) is 29.6 Å². The lowest BCUT2D eigenvalue weighted by atomic mass is 10.1. The predicted octanol–water partition coefficient (Wildman–Crippen LogP) is 1.11. The van der Waals surface area contributed by atoms with Gasteiger partial charge in [0, 0.05) is 6.54 Å². The fourth-order valence-corrected chi connectivity index (χ4v) is 2.37. The van der Waals surface area contributed by atoms with E-state index >= 15 is 0 Å². The van der Waals surface area contributed by atoms with Gasteiger partial charge in [-0.25, -0.2) is 4.98 Å². The second-order valence-electron chi connectivity index (χ2n) is 5.15. The quantitative estimate of drug-likeness (QED) is 0.799. The Hall–Kier alpha value is -1.92. The Morgan fingerprint density at radius 1 is 1.43 bits per heavy atom. The van der Waals surface area contributed by atoms with Crippen LogP contribution in [-0.2, 0) is 24.3 Å². The van der Waals surface area contributed by atoms with Crippen LogP contribution in [0.2, 0.25) is 0 Å². The zero-order chi connectivity index (χ0) is 15.4. The first kappa shape index (κ1) is 15.5. The molecule has 1 heterocycles. The zero-order valence-corrected chi connectivity index (χ0v) is 12.4. The van der Waals surface area contributed by atoms with E-state index in [1.807, 2.05) is 30.1 Å². The van der Waals surface area contributed by atoms with Gasteiger partial charge in [-0.05, 0) is 31.2 Å². The van der Waals surface area contributed by atoms with Crippen LogP contribution >= 0.6 is 0 Å². The Bertz CT molecular complexity index is 636. The van der Waals surface area contributed by atoms with E-state index in [1.54, 1.807) is 4.57 Å². The van der Waals surface area contributed by atoms with E-state index in [4.69, 9.17) is 10.2 Å². The summed E-state index contributed by atoms with van der Waals surface area (Å²) < 4.78 is 1.73. The van der Waals surface area contributed by atoms with Crippen LogP contribution in [0.15, 0.2) is 18.2 Å². The second-order valence-corrected chi connectivity index (χ2v) is 5.15. The van der Waals surface area contributed by atoms with Gasteiger partial charge >= 0.3 is 5.97 Å². The van der Waals surface area contributed by atoms with Gasteiger partial charge in [-0.3, -0.25) is 9.69 Å². The van der Waals surface area contributed by atoms with Crippen LogP contribution < -0.4 is 0 Å². The number of hydrogen-bond acceptors (Lipinski definition) is 4. The van der Waals surface area contributed by atoms with Gasteiger partial charge in [0.05, 0.1) is 24.2 Å². The van der Waals surface area contributed by atoms with Crippen molar-refractivity contribution < 1.29 is 15.0 Å². The molecule has 6 nitrogen and oxygen atoms in total. The molecule has 0 aliphatic rings. The van der Waals surface area contributed by atoms with E-state index in [2.05, 4.69) is 11.9 Å². The summed E-state index contributed by atoms with van der Waals surface area (Å²) in [5.74, 6) is -0.184. The first-order valence-corrected chi connectivity index (χ1v) is 7.04. The molecule has 0 spiro atoms. The number of aromatic nitrogens is 2. The summed E-state index contributed by atoms with van der Waals surface area (Å²) in [6.45, 7) is 3.06. The fourth-order valence-electron chi connectivity index (χ4n) is 2.37. The van der Waals surface area contributed by atoms with Gasteiger partial charge in [-0.15, -0.1) is 0 Å². The Morgan fingerprint density at radius 3 is 2.81 bits per heavy atom. The second kappa shape index (κ2) is 6.69. The number of aryl methyl sites for hydroxylation is 1. The average molecular weight is 291 g/mol. The minimum atomic E-state index is -0.889. The summed E-state index contributed by atoms with van der Waals surface area (Å²) in [6, 6.07) is 5.94. The van der Waals surface area contributed by atoms with Gasteiger partial charge in [-0.2, -0.15) is 0 Å². The topological polar surface area (TPSA) is 78.6 Å². The van der Waals surface area contributed by atoms with Crippen molar-refractivity contribution in [3.63, 3.8) is 0 Å². The number of benzene rings is 1. The highest BCUT2D eigenvalue weighted by Gasteiger charge is 2.15. The van der Waals surface area contributed by atoms with Crippen LogP contribution in [0.5, 0.6) is 0 Å². The zero-order valence-electron chi connectivity index (χ0n) is 12.4. The van der Waals surface area contributed by atoms with E-state index in [9.17, 15) is 4.79 Å². The summed E-state index contributed by atoms with van der Waals surface area (Å²) in [5.41, 5.74) is 2.84. The molecule has 2 aromatic rings. The number of aliphatic carboxylic acids is 1. The van der Waals surface area contributed by atoms with Crippen molar-refractivity contribution >= 4 is 17.0 Å². The van der Waals surface area contributed by atoms with Gasteiger partial charge in [0.15, 0.2) is 0 Å². The number of aliphatic hydroxyl groups excluding tert-OH is 1. The third kappa shape index (κ3) is 3.59. The number of carboxylic acid groups (broad SMARTS) is 1. The number of rotatable bonds is 7. The van der Waals surface area contributed by atoms with Gasteiger partial charge in [-0.1, -0.05) is 13.0 Å². The number of fused-ring (bicyclic) bond motifs is 1. The van der Waals surface area contributed by atoms with Crippen LogP contribution in [0.25, 0.3) is 11.0 Å². The molecule has 0 radical (unpaired) electrons. The Morgan fingerprint density at radius 2 is 2.19 bits per heavy atom. The molecule has 0 aliphatic heterocycles. The summed E-state index contributed by atoms with van der Waals surface area (Å²) in [6.07, 6.45) is 0.918. The van der Waals surface area contributed by atoms with E-state index in [0.29, 0.717) is 18.9 Å². The molecule has 2 rings (SSSR count). The molecule has 6 heteroatoms. The van der Waals surface area contributed by atoms with Crippen LogP contribution in [-0.4, -0.2) is 50.8 Å². The third-order valence-electron chi connectivity index (χ3n) is 3.49. The van der Waals surface area contributed by atoms with E-state index in [1.165, 1.54) is 5.56 Å². The first-order valence-electron chi connectivity index (χ1n) is 7.04. The molecule has 2 N–H and O–H groups in total. The third-order valence-corrected chi connectivity index (χ3v) is 3.49. The monoisotopic (exact) mass is 291 g/mol. The van der Waals surface area contributed by atoms with Gasteiger partial charge in [0.25, 0.3) is 0 Å². The maximum atomic E-state index is 11.1. The molecule has 21 heavy (non-hydrogen) atoms. The standard InChI is InChI=1S/C15H21N3O3/c1-3-11-4-5-13-12(8-11)16-14(9-17(2)6-7-19)18(13)10-15(20)21/h4-5,8,19H,3,6-7,9-10H2,1-2H3,(H,20,21). The number of hydrogen-bond donors (Lipinski definition) is 2. The number of imidazole rings is 1. The lowest BCUT2D eigenvalue weighted by Crippen LogP contribution is -2.24. The molecular weight excluding hydrogens is 270 g/mol. The number of likely N-dealkylation sites (N-methyl/N-ethyl adjacent to an activating group) is 1. The maximum absolute atomic E-state index is 11.1. The Labute approximate surface area is 123 Å². The van der Waals surface area contributed by atoms with E-state index in [0.717, 1.165) is 17.5 Å². The lowest BCUT2D eigenvalue weighted by Gasteiger charge is -2.15. The lowest BCUT2D eigenvalue weighted by molar-refractivity contribution is -0.137. The van der Waals surface area contributed by atoms with Crippen molar-refractivity contribution in [1.29, 1.82) is 0 Å². The molecule has 0 aliphatic carbocycles. The summed E-state index contributed by atoms with van der Waals surface area (Å²) in [7, 11) is 1.87. The minimum absolute atomic E-state index is 0.0651. The van der Waals surface area contributed by atoms with Gasteiger partial charge in [0.1, 0.15) is 12.4 Å². The molecule has 1 aromatic carbocycles. The average Bonchev–Trinajstić information content (AvgIpc) is 2.75. The number of aliphatic hydroxyl groups is 1. The van der Waals surface area contributed by atoms with Crippen molar-refractivity contribution in [2.24, 2.45) is 0 Å². The highest BCUT2D eigenvalue weighted by atomic mass is 16.4. The van der Waals surface area contributed by atoms with Gasteiger partial charge in [0.2, 0.25) is 0 Å². The summed E-state index contributed by atoms with van der Waals surface area (Å²) in [4.78, 5) is 17.6. The Kier molecular flexibility index (Phi) is 4.93. The van der Waals surface area contributed by atoms with E-state index < -0.39 is 5.97 Å². The van der Waals surface area contributed by atoms with Crippen molar-refractivity contribution in [2.75, 3.05) is 20.2 Å². The van der Waals surface area contributed by atoms with Crippen LogP contribution in [0.3, 0.4) is 0 Å². The van der Waals surface area contributed by atoms with Crippen molar-refractivity contribution in [1.82, 2.24) is 14.5 Å². The maximum Gasteiger partial charge on any atom is 0.323 e. The highest BCUT2D eigenvalue weighted by molar-refractivity contribution is 5.79. The van der Waals surface area contributed by atoms with E-state index in [-0.39, 0.29) is 13.2 Å². The molecule has 0 fully saturated rings. The number of nitrogens with zero attached hydrogens (tertiary/aromatic N) is 3. The predicted molar refractivity (Wildman–Crippen MR) is 80.2 cm³/mol. The fraction of sp³-hybridized carbons (Fsp3) is 0.467. The molecule has 1 aromatic heterocycles. The van der Waals surface area contributed by atoms with Crippen molar-refractivity contribution in [2.45, 2.75) is 26.4 Å².